The molecule has 1 unspecified atom stereocenters. The fourth-order valence-corrected chi connectivity index (χ4v) is 3.27. The van der Waals surface area contributed by atoms with E-state index in [1.54, 1.807) is 0 Å². The molecule has 0 aromatic carbocycles. The molecule has 1 atom stereocenters. The number of hydrogen-bond donors (Lipinski definition) is 1. The van der Waals surface area contributed by atoms with Gasteiger partial charge in [0.05, 0.1) is 6.04 Å². The lowest BCUT2D eigenvalue weighted by Crippen LogP contribution is -2.49. The molecule has 1 saturated carbocycles. The minimum Gasteiger partial charge on any atom is -0.344 e. The molecule has 2 fully saturated rings. The van der Waals surface area contributed by atoms with Crippen LogP contribution in [0.15, 0.2) is 0 Å². The van der Waals surface area contributed by atoms with Crippen molar-refractivity contribution in [3.05, 3.63) is 0 Å². The van der Waals surface area contributed by atoms with Gasteiger partial charge in [-0.3, -0.25) is 9.69 Å². The molecule has 0 spiro atoms. The monoisotopic (exact) mass is 239 g/mol. The summed E-state index contributed by atoms with van der Waals surface area (Å²) in [7, 11) is 1.91. The van der Waals surface area contributed by atoms with Crippen LogP contribution in [0.25, 0.3) is 0 Å². The number of hydrogen-bond acceptors (Lipinski definition) is 3. The van der Waals surface area contributed by atoms with Crippen molar-refractivity contribution >= 4 is 5.91 Å². The first-order valence-corrected chi connectivity index (χ1v) is 6.95. The molecule has 0 aromatic heterocycles. The molecular weight excluding hydrogens is 214 g/mol. The van der Waals surface area contributed by atoms with Crippen LogP contribution in [0.2, 0.25) is 0 Å². The van der Waals surface area contributed by atoms with E-state index in [2.05, 4.69) is 4.90 Å². The Balaban J connectivity index is 2.02. The maximum atomic E-state index is 12.1. The second-order valence-corrected chi connectivity index (χ2v) is 5.38. The van der Waals surface area contributed by atoms with E-state index in [1.807, 2.05) is 11.9 Å². The van der Waals surface area contributed by atoms with Crippen molar-refractivity contribution in [2.75, 3.05) is 26.7 Å². The predicted molar refractivity (Wildman–Crippen MR) is 68.7 cm³/mol. The fourth-order valence-electron chi connectivity index (χ4n) is 3.27. The molecule has 2 aliphatic rings. The molecule has 17 heavy (non-hydrogen) atoms. The number of rotatable bonds is 4. The third-order valence-electron chi connectivity index (χ3n) is 4.23. The Morgan fingerprint density at radius 3 is 2.53 bits per heavy atom. The quantitative estimate of drug-likeness (QED) is 0.790. The van der Waals surface area contributed by atoms with Crippen LogP contribution in [0.5, 0.6) is 0 Å². The first kappa shape index (κ1) is 12.8. The standard InChI is InChI=1S/C13H25N3O/c1-15-9-7-12(13(15)17)16(10-8-14)11-5-3-2-4-6-11/h11-12H,2-10,14H2,1H3. The molecule has 4 nitrogen and oxygen atoms in total. The van der Waals surface area contributed by atoms with Gasteiger partial charge in [-0.2, -0.15) is 0 Å². The van der Waals surface area contributed by atoms with Gasteiger partial charge in [-0.05, 0) is 19.3 Å². The molecule has 1 heterocycles. The number of likely N-dealkylation sites (tertiary alicyclic amines) is 1. The Morgan fingerprint density at radius 1 is 1.29 bits per heavy atom. The number of carbonyl (C=O) groups is 1. The molecule has 0 radical (unpaired) electrons. The number of carbonyl (C=O) groups excluding carboxylic acids is 1. The van der Waals surface area contributed by atoms with Gasteiger partial charge in [0.15, 0.2) is 0 Å². The van der Waals surface area contributed by atoms with Gasteiger partial charge in [0.2, 0.25) is 5.91 Å². The average Bonchev–Trinajstić information content (AvgIpc) is 2.69. The van der Waals surface area contributed by atoms with Crippen LogP contribution >= 0.6 is 0 Å². The number of nitrogens with zero attached hydrogens (tertiary/aromatic N) is 2. The molecule has 98 valence electrons. The fraction of sp³-hybridized carbons (Fsp3) is 0.923. The summed E-state index contributed by atoms with van der Waals surface area (Å²) >= 11 is 0. The van der Waals surface area contributed by atoms with Gasteiger partial charge >= 0.3 is 0 Å². The van der Waals surface area contributed by atoms with Crippen LogP contribution in [-0.2, 0) is 4.79 Å². The first-order chi connectivity index (χ1) is 8.24. The smallest absolute Gasteiger partial charge is 0.239 e. The van der Waals surface area contributed by atoms with Crippen LogP contribution in [0.4, 0.5) is 0 Å². The lowest BCUT2D eigenvalue weighted by atomic mass is 9.93. The van der Waals surface area contributed by atoms with E-state index in [1.165, 1.54) is 32.1 Å². The van der Waals surface area contributed by atoms with Crippen LogP contribution in [-0.4, -0.2) is 54.5 Å². The summed E-state index contributed by atoms with van der Waals surface area (Å²) < 4.78 is 0. The third-order valence-corrected chi connectivity index (χ3v) is 4.23. The van der Waals surface area contributed by atoms with Gasteiger partial charge < -0.3 is 10.6 Å². The third kappa shape index (κ3) is 2.80. The summed E-state index contributed by atoms with van der Waals surface area (Å²) in [6, 6.07) is 0.694. The van der Waals surface area contributed by atoms with E-state index in [0.717, 1.165) is 19.5 Å². The van der Waals surface area contributed by atoms with Gasteiger partial charge in [0.1, 0.15) is 0 Å². The Labute approximate surface area is 104 Å². The maximum absolute atomic E-state index is 12.1. The SMILES string of the molecule is CN1CCC(N(CCN)C2CCCCC2)C1=O. The van der Waals surface area contributed by atoms with Gasteiger partial charge in [-0.1, -0.05) is 19.3 Å². The second-order valence-electron chi connectivity index (χ2n) is 5.38. The van der Waals surface area contributed by atoms with E-state index in [0.29, 0.717) is 18.5 Å². The predicted octanol–water partition coefficient (Wildman–Crippen LogP) is 0.811. The molecular formula is C13H25N3O. The normalized spacial score (nSPS) is 27.1. The molecule has 1 aliphatic heterocycles. The highest BCUT2D eigenvalue weighted by Gasteiger charge is 2.37. The maximum Gasteiger partial charge on any atom is 0.239 e. The Morgan fingerprint density at radius 2 is 2.00 bits per heavy atom. The summed E-state index contributed by atoms with van der Waals surface area (Å²) in [6.07, 6.45) is 7.43. The zero-order valence-electron chi connectivity index (χ0n) is 10.9. The van der Waals surface area contributed by atoms with Gasteiger partial charge in [-0.25, -0.2) is 0 Å². The van der Waals surface area contributed by atoms with Crippen LogP contribution in [0, 0.1) is 0 Å². The highest BCUT2D eigenvalue weighted by molar-refractivity contribution is 5.83. The van der Waals surface area contributed by atoms with Crippen molar-refractivity contribution in [1.82, 2.24) is 9.80 Å². The molecule has 0 bridgehead atoms. The Hall–Kier alpha value is -0.610. The number of amides is 1. The largest absolute Gasteiger partial charge is 0.344 e. The lowest BCUT2D eigenvalue weighted by molar-refractivity contribution is -0.132. The van der Waals surface area contributed by atoms with Crippen LogP contribution < -0.4 is 5.73 Å². The summed E-state index contributed by atoms with van der Waals surface area (Å²) in [4.78, 5) is 16.4. The summed E-state index contributed by atoms with van der Waals surface area (Å²) in [5.41, 5.74) is 5.72. The number of nitrogens with two attached hydrogens (primary N) is 1. The van der Waals surface area contributed by atoms with Gasteiger partial charge in [0, 0.05) is 32.7 Å². The minimum atomic E-state index is 0.103. The van der Waals surface area contributed by atoms with Crippen molar-refractivity contribution < 1.29 is 4.79 Å². The van der Waals surface area contributed by atoms with Crippen LogP contribution in [0.1, 0.15) is 38.5 Å². The summed E-state index contributed by atoms with van der Waals surface area (Å²) in [6.45, 7) is 2.43. The van der Waals surface area contributed by atoms with E-state index < -0.39 is 0 Å². The molecule has 4 heteroatoms. The van der Waals surface area contributed by atoms with E-state index in [-0.39, 0.29) is 6.04 Å². The number of likely N-dealkylation sites (N-methyl/N-ethyl adjacent to an activating group) is 1. The van der Waals surface area contributed by atoms with Crippen molar-refractivity contribution in [3.63, 3.8) is 0 Å². The zero-order chi connectivity index (χ0) is 12.3. The average molecular weight is 239 g/mol. The van der Waals surface area contributed by atoms with E-state index in [9.17, 15) is 4.79 Å². The zero-order valence-corrected chi connectivity index (χ0v) is 10.9. The Kier molecular flexibility index (Phi) is 4.40. The summed E-state index contributed by atoms with van der Waals surface area (Å²) in [5.74, 6) is 0.295. The lowest BCUT2D eigenvalue weighted by Gasteiger charge is -2.37. The van der Waals surface area contributed by atoms with Crippen molar-refractivity contribution in [2.24, 2.45) is 5.73 Å². The minimum absolute atomic E-state index is 0.103. The van der Waals surface area contributed by atoms with Gasteiger partial charge in [-0.15, -0.1) is 0 Å². The molecule has 1 saturated heterocycles. The van der Waals surface area contributed by atoms with Crippen molar-refractivity contribution in [1.29, 1.82) is 0 Å². The van der Waals surface area contributed by atoms with Crippen molar-refractivity contribution in [2.45, 2.75) is 50.6 Å². The van der Waals surface area contributed by atoms with E-state index >= 15 is 0 Å². The van der Waals surface area contributed by atoms with Crippen molar-refractivity contribution in [3.8, 4) is 0 Å². The van der Waals surface area contributed by atoms with Crippen LogP contribution in [0.3, 0.4) is 0 Å². The van der Waals surface area contributed by atoms with E-state index in [4.69, 9.17) is 5.73 Å². The molecule has 2 N–H and O–H groups in total. The Bertz CT molecular complexity index is 263. The topological polar surface area (TPSA) is 49.6 Å². The molecule has 0 aromatic rings. The molecule has 1 aliphatic carbocycles. The second kappa shape index (κ2) is 5.83. The molecule has 2 rings (SSSR count). The highest BCUT2D eigenvalue weighted by atomic mass is 16.2. The molecule has 1 amide bonds. The highest BCUT2D eigenvalue weighted by Crippen LogP contribution is 2.27. The van der Waals surface area contributed by atoms with Gasteiger partial charge in [0.25, 0.3) is 0 Å². The summed E-state index contributed by atoms with van der Waals surface area (Å²) in [5, 5.41) is 0. The first-order valence-electron chi connectivity index (χ1n) is 6.95.